The van der Waals surface area contributed by atoms with E-state index >= 15 is 0 Å². The fourth-order valence-corrected chi connectivity index (χ4v) is 5.46. The first kappa shape index (κ1) is 23.9. The largest absolute Gasteiger partial charge is 0.383 e. The summed E-state index contributed by atoms with van der Waals surface area (Å²) in [6, 6.07) is 12.5. The summed E-state index contributed by atoms with van der Waals surface area (Å²) in [4.78, 5) is 20.9. The third kappa shape index (κ3) is 4.90. The molecule has 0 unspecified atom stereocenters. The predicted octanol–water partition coefficient (Wildman–Crippen LogP) is 4.48. The molecule has 192 valence electrons. The van der Waals surface area contributed by atoms with Crippen molar-refractivity contribution in [3.63, 3.8) is 0 Å². The summed E-state index contributed by atoms with van der Waals surface area (Å²) in [5, 5.41) is 2.66. The summed E-state index contributed by atoms with van der Waals surface area (Å²) in [5.41, 5.74) is 9.75. The van der Waals surface area contributed by atoms with Gasteiger partial charge in [-0.3, -0.25) is 9.69 Å². The topological polar surface area (TPSA) is 74.5 Å². The highest BCUT2D eigenvalue weighted by atomic mass is 19.1. The summed E-state index contributed by atoms with van der Waals surface area (Å²) >= 11 is 0. The van der Waals surface area contributed by atoms with Crippen molar-refractivity contribution in [3.05, 3.63) is 65.4 Å². The zero-order valence-corrected chi connectivity index (χ0v) is 20.8. The third-order valence-corrected chi connectivity index (χ3v) is 7.86. The van der Waals surface area contributed by atoms with Crippen molar-refractivity contribution in [2.75, 3.05) is 49.9 Å². The van der Waals surface area contributed by atoms with E-state index < -0.39 is 17.7 Å². The van der Waals surface area contributed by atoms with Crippen molar-refractivity contribution in [2.45, 2.75) is 25.7 Å². The second-order valence-corrected chi connectivity index (χ2v) is 10.4. The smallest absolute Gasteiger partial charge is 0.254 e. The lowest BCUT2D eigenvalue weighted by molar-refractivity contribution is 0.0941. The van der Waals surface area contributed by atoms with Crippen LogP contribution in [0.1, 0.15) is 35.2 Å². The Balaban J connectivity index is 1.22. The minimum atomic E-state index is -0.670. The number of piperazine rings is 1. The molecule has 0 spiro atoms. The van der Waals surface area contributed by atoms with Gasteiger partial charge in [0, 0.05) is 49.5 Å². The maximum absolute atomic E-state index is 14.9. The molecule has 6 rings (SSSR count). The highest BCUT2D eigenvalue weighted by Crippen LogP contribution is 2.35. The van der Waals surface area contributed by atoms with E-state index in [1.807, 2.05) is 24.3 Å². The molecule has 3 N–H and O–H groups in total. The van der Waals surface area contributed by atoms with Crippen LogP contribution in [-0.4, -0.2) is 55.1 Å². The van der Waals surface area contributed by atoms with Gasteiger partial charge in [0.25, 0.3) is 5.91 Å². The van der Waals surface area contributed by atoms with Crippen LogP contribution in [0, 0.1) is 17.7 Å². The fraction of sp³-hybridized carbons (Fsp3) is 0.379. The minimum absolute atomic E-state index is 0.0166. The van der Waals surface area contributed by atoms with Gasteiger partial charge in [-0.1, -0.05) is 25.0 Å². The number of amides is 1. The number of hydrogen-bond donors (Lipinski definition) is 2. The predicted molar refractivity (Wildman–Crippen MR) is 141 cm³/mol. The first-order valence-corrected chi connectivity index (χ1v) is 13.1. The van der Waals surface area contributed by atoms with Crippen LogP contribution in [0.3, 0.4) is 0 Å². The van der Waals surface area contributed by atoms with E-state index in [-0.39, 0.29) is 11.4 Å². The molecule has 1 amide bonds. The average Bonchev–Trinajstić information content (AvgIpc) is 3.73. The van der Waals surface area contributed by atoms with E-state index in [0.29, 0.717) is 40.8 Å². The second-order valence-electron chi connectivity index (χ2n) is 10.4. The number of nitrogen functional groups attached to an aromatic ring is 1. The number of rotatable bonds is 6. The highest BCUT2D eigenvalue weighted by molar-refractivity contribution is 5.98. The summed E-state index contributed by atoms with van der Waals surface area (Å²) < 4.78 is 29.8. The molecule has 2 aliphatic heterocycles. The van der Waals surface area contributed by atoms with E-state index in [1.165, 1.54) is 31.9 Å². The molecule has 0 atom stereocenters. The Labute approximate surface area is 215 Å². The molecule has 3 aliphatic rings. The van der Waals surface area contributed by atoms with Crippen molar-refractivity contribution < 1.29 is 13.6 Å². The average molecular weight is 504 g/mol. The standard InChI is InChI=1S/C29H31F2N5O/c30-25-16-21(15-20-7-9-33-29(37)26(20)25)24-17-23(27(31)34-28(24)32)19-3-5-22(6-4-19)36-13-11-35(12-14-36)10-8-18-1-2-18/h3-6,15-18H,1-2,7-14H2,(H2,32,34)(H,33,37). The molecule has 0 bridgehead atoms. The number of halogens is 2. The summed E-state index contributed by atoms with van der Waals surface area (Å²) in [5.74, 6) is -0.766. The molecular formula is C29H31F2N5O. The normalized spacial score (nSPS) is 18.0. The number of carbonyl (C=O) groups is 1. The Morgan fingerprint density at radius 3 is 2.46 bits per heavy atom. The van der Waals surface area contributed by atoms with Crippen LogP contribution in [-0.2, 0) is 6.42 Å². The van der Waals surface area contributed by atoms with Crippen molar-refractivity contribution >= 4 is 17.4 Å². The van der Waals surface area contributed by atoms with Gasteiger partial charge in [0.05, 0.1) is 5.56 Å². The van der Waals surface area contributed by atoms with Crippen LogP contribution in [0.25, 0.3) is 22.3 Å². The van der Waals surface area contributed by atoms with Gasteiger partial charge >= 0.3 is 0 Å². The van der Waals surface area contributed by atoms with E-state index in [1.54, 1.807) is 12.1 Å². The molecule has 1 saturated heterocycles. The lowest BCUT2D eigenvalue weighted by Gasteiger charge is -2.36. The molecule has 3 heterocycles. The Morgan fingerprint density at radius 1 is 0.973 bits per heavy atom. The summed E-state index contributed by atoms with van der Waals surface area (Å²) in [6.45, 7) is 5.73. The monoisotopic (exact) mass is 503 g/mol. The number of fused-ring (bicyclic) bond motifs is 1. The molecule has 1 saturated carbocycles. The number of hydrogen-bond acceptors (Lipinski definition) is 5. The van der Waals surface area contributed by atoms with Crippen LogP contribution in [0.2, 0.25) is 0 Å². The Bertz CT molecular complexity index is 1330. The van der Waals surface area contributed by atoms with Crippen molar-refractivity contribution in [1.29, 1.82) is 0 Å². The Kier molecular flexibility index (Phi) is 6.28. The Hall–Kier alpha value is -3.52. The molecule has 1 aromatic heterocycles. The Morgan fingerprint density at radius 2 is 1.73 bits per heavy atom. The summed E-state index contributed by atoms with van der Waals surface area (Å²) in [6.07, 6.45) is 4.65. The van der Waals surface area contributed by atoms with E-state index in [0.717, 1.165) is 37.8 Å². The van der Waals surface area contributed by atoms with Crippen molar-refractivity contribution in [1.82, 2.24) is 15.2 Å². The third-order valence-electron chi connectivity index (χ3n) is 7.86. The number of benzene rings is 2. The maximum Gasteiger partial charge on any atom is 0.254 e. The van der Waals surface area contributed by atoms with E-state index in [4.69, 9.17) is 5.73 Å². The molecule has 1 aliphatic carbocycles. The quantitative estimate of drug-likeness (QED) is 0.485. The zero-order valence-electron chi connectivity index (χ0n) is 20.8. The SMILES string of the molecule is Nc1nc(F)c(-c2ccc(N3CCN(CCC4CC4)CC3)cc2)cc1-c1cc(F)c2c(c1)CCNC2=O. The summed E-state index contributed by atoms with van der Waals surface area (Å²) in [7, 11) is 0. The number of pyridine rings is 1. The van der Waals surface area contributed by atoms with Crippen molar-refractivity contribution in [3.8, 4) is 22.3 Å². The van der Waals surface area contributed by atoms with E-state index in [2.05, 4.69) is 20.1 Å². The zero-order chi connectivity index (χ0) is 25.5. The number of nitrogens with two attached hydrogens (primary N) is 1. The van der Waals surface area contributed by atoms with Gasteiger partial charge in [-0.25, -0.2) is 9.37 Å². The van der Waals surface area contributed by atoms with Gasteiger partial charge in [-0.15, -0.1) is 0 Å². The number of nitrogens with one attached hydrogen (secondary N) is 1. The maximum atomic E-state index is 14.9. The van der Waals surface area contributed by atoms with Crippen LogP contribution >= 0.6 is 0 Å². The molecule has 6 nitrogen and oxygen atoms in total. The number of aromatic nitrogens is 1. The molecular weight excluding hydrogens is 472 g/mol. The fourth-order valence-electron chi connectivity index (χ4n) is 5.46. The van der Waals surface area contributed by atoms with E-state index in [9.17, 15) is 13.6 Å². The molecule has 2 fully saturated rings. The van der Waals surface area contributed by atoms with Crippen LogP contribution in [0.15, 0.2) is 42.5 Å². The van der Waals surface area contributed by atoms with Gasteiger partial charge in [0.1, 0.15) is 11.6 Å². The van der Waals surface area contributed by atoms with Crippen LogP contribution in [0.4, 0.5) is 20.3 Å². The molecule has 3 aromatic rings. The van der Waals surface area contributed by atoms with Crippen LogP contribution < -0.4 is 16.0 Å². The molecule has 2 aromatic carbocycles. The lowest BCUT2D eigenvalue weighted by atomic mass is 9.93. The lowest BCUT2D eigenvalue weighted by Crippen LogP contribution is -2.46. The highest BCUT2D eigenvalue weighted by Gasteiger charge is 2.25. The van der Waals surface area contributed by atoms with Gasteiger partial charge in [-0.05, 0) is 72.3 Å². The molecule has 37 heavy (non-hydrogen) atoms. The van der Waals surface area contributed by atoms with Gasteiger partial charge in [0.15, 0.2) is 0 Å². The number of carbonyl (C=O) groups excluding carboxylic acids is 1. The molecule has 0 radical (unpaired) electrons. The van der Waals surface area contributed by atoms with Gasteiger partial charge in [0.2, 0.25) is 5.95 Å². The van der Waals surface area contributed by atoms with Gasteiger partial charge < -0.3 is 16.0 Å². The first-order chi connectivity index (χ1) is 18.0. The molecule has 8 heteroatoms. The minimum Gasteiger partial charge on any atom is -0.383 e. The number of anilines is 2. The number of nitrogens with zero attached hydrogens (tertiary/aromatic N) is 3. The van der Waals surface area contributed by atoms with Crippen molar-refractivity contribution in [2.24, 2.45) is 5.92 Å². The second kappa shape index (κ2) is 9.74. The van der Waals surface area contributed by atoms with Crippen LogP contribution in [0.5, 0.6) is 0 Å². The van der Waals surface area contributed by atoms with Gasteiger partial charge in [-0.2, -0.15) is 4.39 Å². The first-order valence-electron chi connectivity index (χ1n) is 13.1.